The van der Waals surface area contributed by atoms with Crippen molar-refractivity contribution in [1.82, 2.24) is 9.55 Å². The van der Waals surface area contributed by atoms with Crippen molar-refractivity contribution in [3.63, 3.8) is 0 Å². The SMILES string of the molecule is CC1(n2c(=S)[nH]c3cc(F)c(F)cc32)CCOC1. The summed E-state index contributed by atoms with van der Waals surface area (Å²) in [5.74, 6) is -1.74. The van der Waals surface area contributed by atoms with Crippen LogP contribution in [0.15, 0.2) is 12.1 Å². The lowest BCUT2D eigenvalue weighted by atomic mass is 10.0. The molecular formula is C12H12F2N2OS. The molecule has 0 saturated carbocycles. The molecule has 2 heterocycles. The molecule has 1 aromatic heterocycles. The Morgan fingerprint density at radius 2 is 2.11 bits per heavy atom. The summed E-state index contributed by atoms with van der Waals surface area (Å²) in [5, 5.41) is 0. The number of nitrogens with zero attached hydrogens (tertiary/aromatic N) is 1. The number of benzene rings is 1. The average Bonchev–Trinajstić information content (AvgIpc) is 2.84. The standard InChI is InChI=1S/C12H12F2N2OS/c1-12(2-3-17-6-12)16-10-5-8(14)7(13)4-9(10)15-11(16)18/h4-5H,2-3,6H2,1H3,(H,15,18). The Morgan fingerprint density at radius 1 is 1.39 bits per heavy atom. The molecule has 1 unspecified atom stereocenters. The quantitative estimate of drug-likeness (QED) is 0.807. The van der Waals surface area contributed by atoms with Gasteiger partial charge in [0.05, 0.1) is 23.2 Å². The van der Waals surface area contributed by atoms with E-state index >= 15 is 0 Å². The van der Waals surface area contributed by atoms with Crippen LogP contribution in [0.2, 0.25) is 0 Å². The lowest BCUT2D eigenvalue weighted by Crippen LogP contribution is -2.30. The van der Waals surface area contributed by atoms with E-state index in [1.54, 1.807) is 0 Å². The molecule has 18 heavy (non-hydrogen) atoms. The molecule has 2 aromatic rings. The summed E-state index contributed by atoms with van der Waals surface area (Å²) in [6, 6.07) is 2.32. The Balaban J connectivity index is 2.32. The van der Waals surface area contributed by atoms with Crippen molar-refractivity contribution >= 4 is 23.3 Å². The molecule has 3 nitrogen and oxygen atoms in total. The molecule has 3 rings (SSSR count). The highest BCUT2D eigenvalue weighted by molar-refractivity contribution is 7.71. The Labute approximate surface area is 107 Å². The van der Waals surface area contributed by atoms with Crippen LogP contribution in [0.25, 0.3) is 11.0 Å². The third-order valence-electron chi connectivity index (χ3n) is 3.46. The maximum Gasteiger partial charge on any atom is 0.178 e. The van der Waals surface area contributed by atoms with Gasteiger partial charge < -0.3 is 14.3 Å². The molecular weight excluding hydrogens is 258 g/mol. The van der Waals surface area contributed by atoms with Crippen LogP contribution < -0.4 is 0 Å². The lowest BCUT2D eigenvalue weighted by Gasteiger charge is -2.24. The number of H-pyrrole nitrogens is 1. The number of hydrogen-bond acceptors (Lipinski definition) is 2. The third kappa shape index (κ3) is 1.59. The van der Waals surface area contributed by atoms with E-state index in [1.807, 2.05) is 11.5 Å². The first kappa shape index (κ1) is 11.8. The van der Waals surface area contributed by atoms with Crippen LogP contribution in [0.3, 0.4) is 0 Å². The van der Waals surface area contributed by atoms with Gasteiger partial charge in [-0.3, -0.25) is 0 Å². The zero-order valence-electron chi connectivity index (χ0n) is 9.80. The molecule has 0 bridgehead atoms. The van der Waals surface area contributed by atoms with Gasteiger partial charge in [-0.15, -0.1) is 0 Å². The van der Waals surface area contributed by atoms with Gasteiger partial charge >= 0.3 is 0 Å². The molecule has 6 heteroatoms. The molecule has 1 N–H and O–H groups in total. The molecule has 1 aliphatic heterocycles. The van der Waals surface area contributed by atoms with Gasteiger partial charge in [-0.2, -0.15) is 0 Å². The number of aromatic amines is 1. The lowest BCUT2D eigenvalue weighted by molar-refractivity contribution is 0.162. The highest BCUT2D eigenvalue weighted by Crippen LogP contribution is 2.31. The topological polar surface area (TPSA) is 29.9 Å². The van der Waals surface area contributed by atoms with Gasteiger partial charge in [0, 0.05) is 18.7 Å². The van der Waals surface area contributed by atoms with Crippen molar-refractivity contribution in [2.24, 2.45) is 0 Å². The Morgan fingerprint density at radius 3 is 2.78 bits per heavy atom. The van der Waals surface area contributed by atoms with Crippen LogP contribution >= 0.6 is 12.2 Å². The first-order valence-electron chi connectivity index (χ1n) is 5.69. The highest BCUT2D eigenvalue weighted by atomic mass is 32.1. The van der Waals surface area contributed by atoms with E-state index < -0.39 is 11.6 Å². The molecule has 0 spiro atoms. The molecule has 1 fully saturated rings. The van der Waals surface area contributed by atoms with E-state index in [9.17, 15) is 8.78 Å². The summed E-state index contributed by atoms with van der Waals surface area (Å²) >= 11 is 5.25. The zero-order chi connectivity index (χ0) is 12.9. The average molecular weight is 270 g/mol. The van der Waals surface area contributed by atoms with Crippen molar-refractivity contribution in [3.05, 3.63) is 28.5 Å². The van der Waals surface area contributed by atoms with Crippen molar-refractivity contribution < 1.29 is 13.5 Å². The number of ether oxygens (including phenoxy) is 1. The van der Waals surface area contributed by atoms with E-state index in [-0.39, 0.29) is 5.54 Å². The number of aromatic nitrogens is 2. The Hall–Kier alpha value is -1.27. The predicted molar refractivity (Wildman–Crippen MR) is 66.1 cm³/mol. The minimum absolute atomic E-state index is 0.306. The van der Waals surface area contributed by atoms with Gasteiger partial charge in [0.1, 0.15) is 0 Å². The van der Waals surface area contributed by atoms with Crippen LogP contribution in [0.5, 0.6) is 0 Å². The third-order valence-corrected chi connectivity index (χ3v) is 3.75. The number of halogens is 2. The maximum absolute atomic E-state index is 13.4. The van der Waals surface area contributed by atoms with Crippen LogP contribution in [-0.2, 0) is 10.3 Å². The smallest absolute Gasteiger partial charge is 0.178 e. The van der Waals surface area contributed by atoms with Crippen LogP contribution in [0.1, 0.15) is 13.3 Å². The van der Waals surface area contributed by atoms with Crippen molar-refractivity contribution in [3.8, 4) is 0 Å². The monoisotopic (exact) mass is 270 g/mol. The van der Waals surface area contributed by atoms with Crippen LogP contribution in [-0.4, -0.2) is 22.8 Å². The fourth-order valence-electron chi connectivity index (χ4n) is 2.47. The summed E-state index contributed by atoms with van der Waals surface area (Å²) in [6.45, 7) is 3.17. The molecule has 1 saturated heterocycles. The van der Waals surface area contributed by atoms with Gasteiger partial charge in [0.25, 0.3) is 0 Å². The summed E-state index contributed by atoms with van der Waals surface area (Å²) in [4.78, 5) is 2.91. The van der Waals surface area contributed by atoms with Crippen molar-refractivity contribution in [1.29, 1.82) is 0 Å². The molecule has 1 aromatic carbocycles. The fourth-order valence-corrected chi connectivity index (χ4v) is 2.90. The number of hydrogen-bond donors (Lipinski definition) is 1. The molecule has 0 amide bonds. The first-order valence-corrected chi connectivity index (χ1v) is 6.10. The minimum Gasteiger partial charge on any atom is -0.379 e. The Bertz CT molecular complexity index is 671. The first-order chi connectivity index (χ1) is 8.51. The van der Waals surface area contributed by atoms with E-state index in [4.69, 9.17) is 17.0 Å². The maximum atomic E-state index is 13.4. The van der Waals surface area contributed by atoms with Gasteiger partial charge in [0.15, 0.2) is 16.4 Å². The summed E-state index contributed by atoms with van der Waals surface area (Å²) in [7, 11) is 0. The van der Waals surface area contributed by atoms with Gasteiger partial charge in [-0.05, 0) is 25.6 Å². The second kappa shape index (κ2) is 3.86. The van der Waals surface area contributed by atoms with E-state index in [1.165, 1.54) is 6.07 Å². The summed E-state index contributed by atoms with van der Waals surface area (Å²) in [6.07, 6.45) is 0.799. The fraction of sp³-hybridized carbons (Fsp3) is 0.417. The van der Waals surface area contributed by atoms with Crippen molar-refractivity contribution in [2.45, 2.75) is 18.9 Å². The molecule has 96 valence electrons. The van der Waals surface area contributed by atoms with Crippen LogP contribution in [0.4, 0.5) is 8.78 Å². The molecule has 1 atom stereocenters. The number of fused-ring (bicyclic) bond motifs is 1. The van der Waals surface area contributed by atoms with Gasteiger partial charge in [0.2, 0.25) is 0 Å². The molecule has 1 aliphatic rings. The van der Waals surface area contributed by atoms with E-state index in [0.717, 1.165) is 12.5 Å². The predicted octanol–water partition coefficient (Wildman–Crippen LogP) is 3.11. The minimum atomic E-state index is -0.876. The van der Waals surface area contributed by atoms with Crippen LogP contribution in [0, 0.1) is 16.4 Å². The highest BCUT2D eigenvalue weighted by Gasteiger charge is 2.33. The number of nitrogens with one attached hydrogen (secondary N) is 1. The normalized spacial score (nSPS) is 23.9. The zero-order valence-corrected chi connectivity index (χ0v) is 10.6. The second-order valence-electron chi connectivity index (χ2n) is 4.85. The second-order valence-corrected chi connectivity index (χ2v) is 5.24. The van der Waals surface area contributed by atoms with Gasteiger partial charge in [-0.25, -0.2) is 8.78 Å². The van der Waals surface area contributed by atoms with E-state index in [2.05, 4.69) is 4.98 Å². The number of rotatable bonds is 1. The van der Waals surface area contributed by atoms with Gasteiger partial charge in [-0.1, -0.05) is 0 Å². The van der Waals surface area contributed by atoms with E-state index in [0.29, 0.717) is 29.0 Å². The van der Waals surface area contributed by atoms with Crippen molar-refractivity contribution in [2.75, 3.05) is 13.2 Å². The summed E-state index contributed by atoms with van der Waals surface area (Å²) in [5.41, 5.74) is 0.776. The molecule has 0 radical (unpaired) electrons. The Kier molecular flexibility index (Phi) is 2.53. The molecule has 0 aliphatic carbocycles. The number of imidazole rings is 1. The summed E-state index contributed by atoms with van der Waals surface area (Å²) < 4.78 is 34.3. The largest absolute Gasteiger partial charge is 0.379 e.